The lowest BCUT2D eigenvalue weighted by Crippen LogP contribution is -2.44. The molecule has 5 atom stereocenters. The van der Waals surface area contributed by atoms with Crippen molar-refractivity contribution in [3.8, 4) is 0 Å². The first-order valence-corrected chi connectivity index (χ1v) is 4.94. The summed E-state index contributed by atoms with van der Waals surface area (Å²) in [6.07, 6.45) is -0.667. The van der Waals surface area contributed by atoms with E-state index in [0.717, 1.165) is 0 Å². The maximum Gasteiger partial charge on any atom is 0.119 e. The van der Waals surface area contributed by atoms with Gasteiger partial charge in [0.2, 0.25) is 0 Å². The molecule has 0 amide bonds. The van der Waals surface area contributed by atoms with Gasteiger partial charge in [0.25, 0.3) is 0 Å². The van der Waals surface area contributed by atoms with Gasteiger partial charge in [-0.2, -0.15) is 0 Å². The van der Waals surface area contributed by atoms with E-state index in [-0.39, 0.29) is 31.5 Å². The van der Waals surface area contributed by atoms with Crippen molar-refractivity contribution in [2.75, 3.05) is 19.8 Å². The standard InChI is InChI=1S/C9H14O5/c10-6-3-13-8-7(6)14-4-9(8,11)1-5-2-12-5/h5-8,10-11H,1-4H2/t5?,6-,7-,8+,9-/m1/s1. The molecule has 5 heteroatoms. The third-order valence-corrected chi connectivity index (χ3v) is 3.16. The molecular formula is C9H14O5. The van der Waals surface area contributed by atoms with Crippen LogP contribution in [0.15, 0.2) is 0 Å². The second kappa shape index (κ2) is 2.90. The number of hydrogen-bond donors (Lipinski definition) is 2. The summed E-state index contributed by atoms with van der Waals surface area (Å²) in [7, 11) is 0. The van der Waals surface area contributed by atoms with Gasteiger partial charge in [0.15, 0.2) is 0 Å². The van der Waals surface area contributed by atoms with E-state index in [2.05, 4.69) is 0 Å². The van der Waals surface area contributed by atoms with Gasteiger partial charge in [-0.05, 0) is 0 Å². The molecule has 0 aromatic heterocycles. The molecule has 0 saturated carbocycles. The molecule has 0 aromatic carbocycles. The fourth-order valence-electron chi connectivity index (χ4n) is 2.33. The Bertz CT molecular complexity index is 241. The fourth-order valence-corrected chi connectivity index (χ4v) is 2.33. The molecule has 3 heterocycles. The highest BCUT2D eigenvalue weighted by atomic mass is 16.6. The van der Waals surface area contributed by atoms with Crippen molar-refractivity contribution in [2.45, 2.75) is 36.4 Å². The molecule has 0 bridgehead atoms. The van der Waals surface area contributed by atoms with Crippen LogP contribution < -0.4 is 0 Å². The van der Waals surface area contributed by atoms with Gasteiger partial charge < -0.3 is 24.4 Å². The Hall–Kier alpha value is -0.200. The van der Waals surface area contributed by atoms with Crippen LogP contribution in [0.1, 0.15) is 6.42 Å². The molecule has 1 unspecified atom stereocenters. The SMILES string of the molecule is O[C@@H]1CO[C@H]2[C@@H]1OC[C@]2(O)CC1CO1. The number of hydrogen-bond acceptors (Lipinski definition) is 5. The molecule has 80 valence electrons. The topological polar surface area (TPSA) is 71.5 Å². The summed E-state index contributed by atoms with van der Waals surface area (Å²) in [6, 6.07) is 0. The number of aliphatic hydroxyl groups excluding tert-OH is 1. The highest BCUT2D eigenvalue weighted by Crippen LogP contribution is 2.38. The second-order valence-corrected chi connectivity index (χ2v) is 4.36. The van der Waals surface area contributed by atoms with Crippen LogP contribution in [0.2, 0.25) is 0 Å². The number of ether oxygens (including phenoxy) is 3. The van der Waals surface area contributed by atoms with Crippen LogP contribution in [-0.2, 0) is 14.2 Å². The first-order valence-electron chi connectivity index (χ1n) is 4.94. The third kappa shape index (κ3) is 1.28. The van der Waals surface area contributed by atoms with Crippen molar-refractivity contribution in [1.82, 2.24) is 0 Å². The molecule has 14 heavy (non-hydrogen) atoms. The molecule has 3 saturated heterocycles. The normalized spacial score (nSPS) is 56.1. The molecule has 0 radical (unpaired) electrons. The highest BCUT2D eigenvalue weighted by molar-refractivity contribution is 5.05. The number of epoxide rings is 1. The van der Waals surface area contributed by atoms with Gasteiger partial charge in [-0.15, -0.1) is 0 Å². The summed E-state index contributed by atoms with van der Waals surface area (Å²) >= 11 is 0. The molecule has 3 rings (SSSR count). The van der Waals surface area contributed by atoms with Crippen LogP contribution in [0, 0.1) is 0 Å². The zero-order valence-electron chi connectivity index (χ0n) is 7.76. The minimum atomic E-state index is -0.969. The van der Waals surface area contributed by atoms with Gasteiger partial charge in [0, 0.05) is 6.42 Å². The smallest absolute Gasteiger partial charge is 0.119 e. The van der Waals surface area contributed by atoms with Gasteiger partial charge in [-0.25, -0.2) is 0 Å². The predicted molar refractivity (Wildman–Crippen MR) is 44.8 cm³/mol. The van der Waals surface area contributed by atoms with Gasteiger partial charge in [0.1, 0.15) is 23.9 Å². The zero-order chi connectivity index (χ0) is 9.76. The van der Waals surface area contributed by atoms with E-state index in [1.165, 1.54) is 0 Å². The van der Waals surface area contributed by atoms with E-state index in [1.807, 2.05) is 0 Å². The summed E-state index contributed by atoms with van der Waals surface area (Å²) in [6.45, 7) is 1.20. The zero-order valence-corrected chi connectivity index (χ0v) is 7.76. The molecule has 5 nitrogen and oxygen atoms in total. The third-order valence-electron chi connectivity index (χ3n) is 3.16. The average Bonchev–Trinajstić information content (AvgIpc) is 2.75. The van der Waals surface area contributed by atoms with Crippen molar-refractivity contribution in [3.05, 3.63) is 0 Å². The van der Waals surface area contributed by atoms with Crippen LogP contribution in [0.5, 0.6) is 0 Å². The van der Waals surface area contributed by atoms with Crippen molar-refractivity contribution in [2.24, 2.45) is 0 Å². The summed E-state index contributed by atoms with van der Waals surface area (Å²) < 4.78 is 15.8. The van der Waals surface area contributed by atoms with E-state index in [0.29, 0.717) is 13.0 Å². The average molecular weight is 202 g/mol. The number of rotatable bonds is 2. The Kier molecular flexibility index (Phi) is 1.87. The van der Waals surface area contributed by atoms with Crippen LogP contribution in [0.25, 0.3) is 0 Å². The van der Waals surface area contributed by atoms with Crippen molar-refractivity contribution >= 4 is 0 Å². The van der Waals surface area contributed by atoms with E-state index in [1.54, 1.807) is 0 Å². The second-order valence-electron chi connectivity index (χ2n) is 4.36. The van der Waals surface area contributed by atoms with Gasteiger partial charge >= 0.3 is 0 Å². The van der Waals surface area contributed by atoms with E-state index >= 15 is 0 Å². The monoisotopic (exact) mass is 202 g/mol. The molecular weight excluding hydrogens is 188 g/mol. The van der Waals surface area contributed by atoms with Gasteiger partial charge in [0.05, 0.1) is 25.9 Å². The lowest BCUT2D eigenvalue weighted by Gasteiger charge is -2.25. The first kappa shape index (κ1) is 9.06. The molecule has 0 aromatic rings. The largest absolute Gasteiger partial charge is 0.388 e. The van der Waals surface area contributed by atoms with Gasteiger partial charge in [-0.3, -0.25) is 0 Å². The summed E-state index contributed by atoms with van der Waals surface area (Å²) in [5.74, 6) is 0. The fraction of sp³-hybridized carbons (Fsp3) is 1.00. The molecule has 3 fully saturated rings. The maximum atomic E-state index is 10.2. The minimum Gasteiger partial charge on any atom is -0.388 e. The molecule has 3 aliphatic heterocycles. The Balaban J connectivity index is 1.74. The van der Waals surface area contributed by atoms with Crippen LogP contribution in [0.3, 0.4) is 0 Å². The summed E-state index contributed by atoms with van der Waals surface area (Å²) in [5.41, 5.74) is -0.969. The van der Waals surface area contributed by atoms with E-state index < -0.39 is 11.7 Å². The van der Waals surface area contributed by atoms with Crippen LogP contribution >= 0.6 is 0 Å². The van der Waals surface area contributed by atoms with E-state index in [4.69, 9.17) is 14.2 Å². The number of fused-ring (bicyclic) bond motifs is 1. The Morgan fingerprint density at radius 3 is 2.71 bits per heavy atom. The first-order chi connectivity index (χ1) is 6.69. The predicted octanol–water partition coefficient (Wildman–Crippen LogP) is -1.34. The molecule has 0 spiro atoms. The number of aliphatic hydroxyl groups is 2. The Labute approximate surface area is 81.6 Å². The summed E-state index contributed by atoms with van der Waals surface area (Å²) in [4.78, 5) is 0. The Morgan fingerprint density at radius 1 is 1.21 bits per heavy atom. The summed E-state index contributed by atoms with van der Waals surface area (Å²) in [5, 5.41) is 19.7. The maximum absolute atomic E-state index is 10.2. The van der Waals surface area contributed by atoms with Crippen LogP contribution in [0.4, 0.5) is 0 Å². The van der Waals surface area contributed by atoms with E-state index in [9.17, 15) is 10.2 Å². The highest BCUT2D eigenvalue weighted by Gasteiger charge is 2.57. The lowest BCUT2D eigenvalue weighted by atomic mass is 9.91. The van der Waals surface area contributed by atoms with Crippen molar-refractivity contribution in [1.29, 1.82) is 0 Å². The molecule has 0 aliphatic carbocycles. The molecule has 3 aliphatic rings. The lowest BCUT2D eigenvalue weighted by molar-refractivity contribution is -0.0767. The van der Waals surface area contributed by atoms with Crippen molar-refractivity contribution in [3.63, 3.8) is 0 Å². The molecule has 2 N–H and O–H groups in total. The Morgan fingerprint density at radius 2 is 2.00 bits per heavy atom. The quantitative estimate of drug-likeness (QED) is 0.543. The van der Waals surface area contributed by atoms with Crippen LogP contribution in [-0.4, -0.2) is 60.1 Å². The van der Waals surface area contributed by atoms with Gasteiger partial charge in [-0.1, -0.05) is 0 Å². The van der Waals surface area contributed by atoms with Crippen molar-refractivity contribution < 1.29 is 24.4 Å². The minimum absolute atomic E-state index is 0.142.